The van der Waals surface area contributed by atoms with Crippen molar-refractivity contribution in [1.82, 2.24) is 20.4 Å². The van der Waals surface area contributed by atoms with Crippen LogP contribution in [0.2, 0.25) is 0 Å². The number of hydrogen-bond donors (Lipinski definition) is 2. The van der Waals surface area contributed by atoms with Crippen molar-refractivity contribution in [3.8, 4) is 6.07 Å². The first kappa shape index (κ1) is 24.6. The molecule has 2 rings (SSSR count). The Hall–Kier alpha value is -2.64. The molecule has 170 valence electrons. The van der Waals surface area contributed by atoms with Crippen molar-refractivity contribution in [2.75, 3.05) is 32.7 Å². The van der Waals surface area contributed by atoms with E-state index in [2.05, 4.69) is 36.3 Å². The number of urea groups is 1. The molecule has 1 aliphatic heterocycles. The van der Waals surface area contributed by atoms with Crippen molar-refractivity contribution in [1.29, 1.82) is 5.26 Å². The Morgan fingerprint density at radius 3 is 2.29 bits per heavy atom. The predicted octanol–water partition coefficient (Wildman–Crippen LogP) is 1.08. The van der Waals surface area contributed by atoms with E-state index < -0.39 is 21.1 Å². The molecule has 3 amide bonds. The van der Waals surface area contributed by atoms with E-state index in [0.29, 0.717) is 18.7 Å². The van der Waals surface area contributed by atoms with Crippen molar-refractivity contribution < 1.29 is 18.0 Å². The number of rotatable bonds is 7. The van der Waals surface area contributed by atoms with Crippen molar-refractivity contribution in [3.05, 3.63) is 35.9 Å². The molecule has 1 atom stereocenters. The van der Waals surface area contributed by atoms with Gasteiger partial charge in [-0.25, -0.2) is 13.2 Å². The average molecular weight is 450 g/mol. The molecule has 9 nitrogen and oxygen atoms in total. The number of nitriles is 1. The van der Waals surface area contributed by atoms with Crippen LogP contribution in [0.1, 0.15) is 32.8 Å². The highest BCUT2D eigenvalue weighted by Crippen LogP contribution is 2.15. The number of nitrogens with one attached hydrogen (secondary N) is 2. The van der Waals surface area contributed by atoms with Gasteiger partial charge in [0.25, 0.3) is 0 Å². The Morgan fingerprint density at radius 1 is 1.13 bits per heavy atom. The lowest BCUT2D eigenvalue weighted by atomic mass is 10.1. The van der Waals surface area contributed by atoms with Gasteiger partial charge in [0.15, 0.2) is 9.84 Å². The summed E-state index contributed by atoms with van der Waals surface area (Å²) in [6.07, 6.45) is -0.118. The first-order valence-corrected chi connectivity index (χ1v) is 12.0. The average Bonchev–Trinajstić information content (AvgIpc) is 2.71. The maximum Gasteiger partial charge on any atom is 0.317 e. The lowest BCUT2D eigenvalue weighted by Crippen LogP contribution is -2.56. The van der Waals surface area contributed by atoms with Crippen LogP contribution in [0.4, 0.5) is 4.79 Å². The molecule has 0 radical (unpaired) electrons. The number of amides is 3. The molecule has 1 fully saturated rings. The van der Waals surface area contributed by atoms with Crippen LogP contribution in [-0.4, -0.2) is 73.8 Å². The first-order valence-electron chi connectivity index (χ1n) is 10.3. The lowest BCUT2D eigenvalue weighted by molar-refractivity contribution is -0.120. The molecule has 0 saturated carbocycles. The summed E-state index contributed by atoms with van der Waals surface area (Å²) in [7, 11) is -3.89. The SMILES string of the molecule is CC(C)(C)N1CCN(C(=O)NCCC(=O)N[C@@H](C#N)S(=O)(=O)Cc2ccccc2)CC1. The van der Waals surface area contributed by atoms with Gasteiger partial charge in [-0.05, 0) is 26.3 Å². The van der Waals surface area contributed by atoms with Crippen molar-refractivity contribution in [3.63, 3.8) is 0 Å². The van der Waals surface area contributed by atoms with Gasteiger partial charge in [0.05, 0.1) is 5.75 Å². The maximum absolute atomic E-state index is 12.4. The quantitative estimate of drug-likeness (QED) is 0.642. The number of carbonyl (C=O) groups excluding carboxylic acids is 2. The lowest BCUT2D eigenvalue weighted by Gasteiger charge is -2.42. The first-order chi connectivity index (χ1) is 14.5. The number of nitrogens with zero attached hydrogens (tertiary/aromatic N) is 3. The highest BCUT2D eigenvalue weighted by atomic mass is 32.2. The largest absolute Gasteiger partial charge is 0.337 e. The third-order valence-corrected chi connectivity index (χ3v) is 6.80. The standard InChI is InChI=1S/C21H31N5O4S/c1-21(2,3)26-13-11-25(12-14-26)20(28)23-10-9-18(27)24-19(15-22)31(29,30)16-17-7-5-4-6-8-17/h4-8,19H,9-14,16H2,1-3H3,(H,23,28)(H,24,27)/t19-/m1/s1. The van der Waals surface area contributed by atoms with Crippen molar-refractivity contribution in [2.45, 2.75) is 43.9 Å². The summed E-state index contributed by atoms with van der Waals surface area (Å²) in [6.45, 7) is 9.22. The van der Waals surface area contributed by atoms with Crippen LogP contribution in [0.5, 0.6) is 0 Å². The summed E-state index contributed by atoms with van der Waals surface area (Å²) in [5.74, 6) is -0.954. The van der Waals surface area contributed by atoms with Crippen LogP contribution in [0.3, 0.4) is 0 Å². The third kappa shape index (κ3) is 7.52. The number of hydrogen-bond acceptors (Lipinski definition) is 6. The van der Waals surface area contributed by atoms with Crippen LogP contribution in [0.25, 0.3) is 0 Å². The Morgan fingerprint density at radius 2 is 1.74 bits per heavy atom. The van der Waals surface area contributed by atoms with Crippen molar-refractivity contribution >= 4 is 21.8 Å². The van der Waals surface area contributed by atoms with E-state index in [9.17, 15) is 23.3 Å². The van der Waals surface area contributed by atoms with Crippen molar-refractivity contribution in [2.24, 2.45) is 0 Å². The molecule has 2 N–H and O–H groups in total. The molecule has 0 unspecified atom stereocenters. The molecule has 1 aliphatic rings. The van der Waals surface area contributed by atoms with Crippen LogP contribution in [0.15, 0.2) is 30.3 Å². The van der Waals surface area contributed by atoms with E-state index in [1.165, 1.54) is 0 Å². The molecule has 0 spiro atoms. The topological polar surface area (TPSA) is 123 Å². The minimum absolute atomic E-state index is 0.0543. The zero-order valence-electron chi connectivity index (χ0n) is 18.3. The van der Waals surface area contributed by atoms with E-state index in [-0.39, 0.29) is 30.3 Å². The monoisotopic (exact) mass is 449 g/mol. The van der Waals surface area contributed by atoms with Gasteiger partial charge in [0, 0.05) is 44.7 Å². The highest BCUT2D eigenvalue weighted by molar-refractivity contribution is 7.91. The molecule has 31 heavy (non-hydrogen) atoms. The minimum Gasteiger partial charge on any atom is -0.337 e. The number of carbonyl (C=O) groups is 2. The number of benzene rings is 1. The summed E-state index contributed by atoms with van der Waals surface area (Å²) in [5, 5.41) is 12.5. The van der Waals surface area contributed by atoms with E-state index in [1.54, 1.807) is 41.3 Å². The van der Waals surface area contributed by atoms with E-state index >= 15 is 0 Å². The van der Waals surface area contributed by atoms with Crippen LogP contribution in [-0.2, 0) is 20.4 Å². The van der Waals surface area contributed by atoms with Gasteiger partial charge in [-0.1, -0.05) is 30.3 Å². The van der Waals surface area contributed by atoms with Gasteiger partial charge in [-0.15, -0.1) is 0 Å². The molecular formula is C21H31N5O4S. The van der Waals surface area contributed by atoms with Gasteiger partial charge in [-0.2, -0.15) is 5.26 Å². The molecule has 0 aromatic heterocycles. The fourth-order valence-electron chi connectivity index (χ4n) is 3.29. The van der Waals surface area contributed by atoms with Gasteiger partial charge < -0.3 is 15.5 Å². The maximum atomic E-state index is 12.4. The van der Waals surface area contributed by atoms with Crippen LogP contribution in [0, 0.1) is 11.3 Å². The molecule has 0 aliphatic carbocycles. The molecule has 1 heterocycles. The molecule has 1 aromatic carbocycles. The van der Waals surface area contributed by atoms with Gasteiger partial charge in [-0.3, -0.25) is 9.69 Å². The fourth-order valence-corrected chi connectivity index (χ4v) is 4.58. The van der Waals surface area contributed by atoms with E-state index in [4.69, 9.17) is 0 Å². The summed E-state index contributed by atoms with van der Waals surface area (Å²) >= 11 is 0. The zero-order chi connectivity index (χ0) is 23.1. The third-order valence-electron chi connectivity index (χ3n) is 5.12. The van der Waals surface area contributed by atoms with Gasteiger partial charge >= 0.3 is 6.03 Å². The highest BCUT2D eigenvalue weighted by Gasteiger charge is 2.29. The minimum atomic E-state index is -3.89. The molecule has 10 heteroatoms. The molecule has 0 bridgehead atoms. The van der Waals surface area contributed by atoms with E-state index in [0.717, 1.165) is 13.1 Å². The Kier molecular flexibility index (Phi) is 8.42. The fraction of sp³-hybridized carbons (Fsp3) is 0.571. The van der Waals surface area contributed by atoms with E-state index in [1.807, 2.05) is 0 Å². The molecular weight excluding hydrogens is 418 g/mol. The van der Waals surface area contributed by atoms with Gasteiger partial charge in [0.1, 0.15) is 6.07 Å². The van der Waals surface area contributed by atoms with Gasteiger partial charge in [0.2, 0.25) is 11.3 Å². The summed E-state index contributed by atoms with van der Waals surface area (Å²) < 4.78 is 24.9. The Labute approximate surface area is 184 Å². The summed E-state index contributed by atoms with van der Waals surface area (Å²) in [6, 6.07) is 9.84. The summed E-state index contributed by atoms with van der Waals surface area (Å²) in [4.78, 5) is 28.4. The second-order valence-corrected chi connectivity index (χ2v) is 10.6. The smallest absolute Gasteiger partial charge is 0.317 e. The number of sulfone groups is 1. The second kappa shape index (κ2) is 10.6. The molecule has 1 saturated heterocycles. The Bertz CT molecular complexity index is 898. The normalized spacial score (nSPS) is 16.3. The Balaban J connectivity index is 1.77. The summed E-state index contributed by atoms with van der Waals surface area (Å²) in [5.41, 5.74) is 0.592. The predicted molar refractivity (Wildman–Crippen MR) is 118 cm³/mol. The second-order valence-electron chi connectivity index (χ2n) is 8.50. The zero-order valence-corrected chi connectivity index (χ0v) is 19.1. The van der Waals surface area contributed by atoms with Crippen LogP contribution >= 0.6 is 0 Å². The number of piperazine rings is 1. The molecule has 1 aromatic rings. The van der Waals surface area contributed by atoms with Crippen LogP contribution < -0.4 is 10.6 Å².